The number of rotatable bonds is 2. The van der Waals surface area contributed by atoms with Gasteiger partial charge in [0.25, 0.3) is 0 Å². The molecule has 0 bridgehead atoms. The standard InChI is InChI=1S/C7H6O2/c1-2-7-6(5-8)3-4-9-7/h2-5H,1H2. The van der Waals surface area contributed by atoms with Crippen molar-refractivity contribution in [2.24, 2.45) is 0 Å². The molecule has 0 amide bonds. The lowest BCUT2D eigenvalue weighted by Crippen LogP contribution is -1.74. The third kappa shape index (κ3) is 0.914. The molecular formula is C7H6O2. The van der Waals surface area contributed by atoms with Gasteiger partial charge in [0.1, 0.15) is 5.76 Å². The molecule has 0 spiro atoms. The van der Waals surface area contributed by atoms with Gasteiger partial charge in [-0.05, 0) is 12.1 Å². The molecule has 0 saturated heterocycles. The Bertz CT molecular complexity index is 200. The predicted molar refractivity (Wildman–Crippen MR) is 34.2 cm³/mol. The molecule has 0 aromatic carbocycles. The maximum Gasteiger partial charge on any atom is 0.153 e. The number of carbonyl (C=O) groups excluding carboxylic acids is 1. The third-order valence-corrected chi connectivity index (χ3v) is 1.04. The van der Waals surface area contributed by atoms with Crippen LogP contribution in [0.15, 0.2) is 23.3 Å². The summed E-state index contributed by atoms with van der Waals surface area (Å²) in [6.45, 7) is 3.46. The van der Waals surface area contributed by atoms with Gasteiger partial charge in [0.15, 0.2) is 6.29 Å². The summed E-state index contributed by atoms with van der Waals surface area (Å²) in [6, 6.07) is 1.60. The topological polar surface area (TPSA) is 30.2 Å². The third-order valence-electron chi connectivity index (χ3n) is 1.04. The maximum absolute atomic E-state index is 10.1. The Labute approximate surface area is 52.8 Å². The van der Waals surface area contributed by atoms with Crippen LogP contribution in [0.5, 0.6) is 0 Å². The Morgan fingerprint density at radius 3 is 2.89 bits per heavy atom. The fourth-order valence-electron chi connectivity index (χ4n) is 0.594. The van der Waals surface area contributed by atoms with Crippen molar-refractivity contribution in [3.8, 4) is 0 Å². The molecule has 1 rings (SSSR count). The first kappa shape index (κ1) is 5.82. The van der Waals surface area contributed by atoms with Gasteiger partial charge in [0, 0.05) is 0 Å². The summed E-state index contributed by atoms with van der Waals surface area (Å²) >= 11 is 0. The van der Waals surface area contributed by atoms with Gasteiger partial charge in [-0.3, -0.25) is 4.79 Å². The lowest BCUT2D eigenvalue weighted by Gasteiger charge is -1.81. The van der Waals surface area contributed by atoms with E-state index in [2.05, 4.69) is 6.58 Å². The van der Waals surface area contributed by atoms with Gasteiger partial charge in [0.2, 0.25) is 0 Å². The van der Waals surface area contributed by atoms with E-state index in [1.807, 2.05) is 0 Å². The Morgan fingerprint density at radius 2 is 2.44 bits per heavy atom. The molecule has 0 aliphatic rings. The van der Waals surface area contributed by atoms with Gasteiger partial charge >= 0.3 is 0 Å². The van der Waals surface area contributed by atoms with Crippen LogP contribution in [0.3, 0.4) is 0 Å². The van der Waals surface area contributed by atoms with Crippen molar-refractivity contribution >= 4 is 12.4 Å². The van der Waals surface area contributed by atoms with Crippen LogP contribution in [0.1, 0.15) is 16.1 Å². The number of aldehydes is 1. The molecule has 9 heavy (non-hydrogen) atoms. The van der Waals surface area contributed by atoms with E-state index in [4.69, 9.17) is 4.42 Å². The molecule has 1 heterocycles. The minimum Gasteiger partial charge on any atom is -0.464 e. The molecule has 0 aliphatic carbocycles. The Kier molecular flexibility index (Phi) is 1.49. The van der Waals surface area contributed by atoms with Crippen LogP contribution >= 0.6 is 0 Å². The van der Waals surface area contributed by atoms with Gasteiger partial charge in [-0.25, -0.2) is 0 Å². The van der Waals surface area contributed by atoms with E-state index in [1.165, 1.54) is 12.3 Å². The molecule has 2 nitrogen and oxygen atoms in total. The van der Waals surface area contributed by atoms with Crippen LogP contribution < -0.4 is 0 Å². The van der Waals surface area contributed by atoms with Gasteiger partial charge < -0.3 is 4.42 Å². The van der Waals surface area contributed by atoms with Crippen molar-refractivity contribution in [3.05, 3.63) is 30.2 Å². The zero-order valence-corrected chi connectivity index (χ0v) is 4.83. The molecule has 0 atom stereocenters. The van der Waals surface area contributed by atoms with Crippen LogP contribution in [-0.2, 0) is 0 Å². The summed E-state index contributed by atoms with van der Waals surface area (Å²) in [7, 11) is 0. The molecule has 0 unspecified atom stereocenters. The molecule has 2 heteroatoms. The van der Waals surface area contributed by atoms with Gasteiger partial charge in [-0.2, -0.15) is 0 Å². The molecule has 46 valence electrons. The molecule has 0 N–H and O–H groups in total. The smallest absolute Gasteiger partial charge is 0.153 e. The van der Waals surface area contributed by atoms with E-state index >= 15 is 0 Å². The Balaban J connectivity index is 3.12. The lowest BCUT2D eigenvalue weighted by atomic mass is 10.3. The number of hydrogen-bond donors (Lipinski definition) is 0. The predicted octanol–water partition coefficient (Wildman–Crippen LogP) is 1.74. The van der Waals surface area contributed by atoms with Crippen molar-refractivity contribution in [3.63, 3.8) is 0 Å². The second-order valence-electron chi connectivity index (χ2n) is 1.56. The first-order valence-corrected chi connectivity index (χ1v) is 2.53. The van der Waals surface area contributed by atoms with E-state index in [1.54, 1.807) is 6.07 Å². The summed E-state index contributed by atoms with van der Waals surface area (Å²) in [5.74, 6) is 0.532. The van der Waals surface area contributed by atoms with E-state index < -0.39 is 0 Å². The van der Waals surface area contributed by atoms with Crippen LogP contribution in [0.4, 0.5) is 0 Å². The monoisotopic (exact) mass is 122 g/mol. The van der Waals surface area contributed by atoms with E-state index in [-0.39, 0.29) is 0 Å². The van der Waals surface area contributed by atoms with Crippen molar-refractivity contribution in [1.82, 2.24) is 0 Å². The molecule has 0 aliphatic heterocycles. The summed E-state index contributed by atoms with van der Waals surface area (Å²) < 4.78 is 4.86. The van der Waals surface area contributed by atoms with Crippen LogP contribution in [0.25, 0.3) is 6.08 Å². The number of furan rings is 1. The quantitative estimate of drug-likeness (QED) is 0.559. The highest BCUT2D eigenvalue weighted by Gasteiger charge is 1.97. The summed E-state index contributed by atoms with van der Waals surface area (Å²) in [5, 5.41) is 0. The minimum atomic E-state index is 0.532. The highest BCUT2D eigenvalue weighted by atomic mass is 16.3. The van der Waals surface area contributed by atoms with Gasteiger partial charge in [-0.1, -0.05) is 6.58 Å². The molecule has 0 radical (unpaired) electrons. The second kappa shape index (κ2) is 2.31. The second-order valence-corrected chi connectivity index (χ2v) is 1.56. The van der Waals surface area contributed by atoms with Gasteiger partial charge in [0.05, 0.1) is 11.8 Å². The highest BCUT2D eigenvalue weighted by Crippen LogP contribution is 2.07. The summed E-state index contributed by atoms with van der Waals surface area (Å²) in [4.78, 5) is 10.1. The fourth-order valence-corrected chi connectivity index (χ4v) is 0.594. The van der Waals surface area contributed by atoms with Gasteiger partial charge in [-0.15, -0.1) is 0 Å². The molecule has 1 aromatic heterocycles. The molecule has 1 aromatic rings. The molecular weight excluding hydrogens is 116 g/mol. The average molecular weight is 122 g/mol. The largest absolute Gasteiger partial charge is 0.464 e. The average Bonchev–Trinajstić information content (AvgIpc) is 2.33. The van der Waals surface area contributed by atoms with Crippen molar-refractivity contribution in [2.45, 2.75) is 0 Å². The summed E-state index contributed by atoms with van der Waals surface area (Å²) in [5.41, 5.74) is 0.546. The van der Waals surface area contributed by atoms with E-state index in [0.717, 1.165) is 6.29 Å². The normalized spacial score (nSPS) is 8.89. The van der Waals surface area contributed by atoms with E-state index in [0.29, 0.717) is 11.3 Å². The van der Waals surface area contributed by atoms with Crippen LogP contribution in [0.2, 0.25) is 0 Å². The SMILES string of the molecule is C=Cc1occc1C=O. The first-order chi connectivity index (χ1) is 4.38. The van der Waals surface area contributed by atoms with Crippen molar-refractivity contribution in [2.75, 3.05) is 0 Å². The van der Waals surface area contributed by atoms with Crippen LogP contribution in [0, 0.1) is 0 Å². The van der Waals surface area contributed by atoms with Crippen molar-refractivity contribution < 1.29 is 9.21 Å². The zero-order valence-electron chi connectivity index (χ0n) is 4.83. The van der Waals surface area contributed by atoms with Crippen LogP contribution in [-0.4, -0.2) is 6.29 Å². The minimum absolute atomic E-state index is 0.532. The first-order valence-electron chi connectivity index (χ1n) is 2.53. The Hall–Kier alpha value is -1.31. The Morgan fingerprint density at radius 1 is 1.67 bits per heavy atom. The van der Waals surface area contributed by atoms with E-state index in [9.17, 15) is 4.79 Å². The highest BCUT2D eigenvalue weighted by molar-refractivity contribution is 5.79. The molecule has 0 fully saturated rings. The summed E-state index contributed by atoms with van der Waals surface area (Å²) in [6.07, 6.45) is 3.70. The number of hydrogen-bond acceptors (Lipinski definition) is 2. The maximum atomic E-state index is 10.1. The zero-order chi connectivity index (χ0) is 6.69. The lowest BCUT2D eigenvalue weighted by molar-refractivity contribution is 0.112. The fraction of sp³-hybridized carbons (Fsp3) is 0. The number of carbonyl (C=O) groups is 1. The molecule has 0 saturated carbocycles. The van der Waals surface area contributed by atoms with Crippen molar-refractivity contribution in [1.29, 1.82) is 0 Å².